The van der Waals surface area contributed by atoms with Crippen LogP contribution in [-0.2, 0) is 4.79 Å². The molecule has 4 nitrogen and oxygen atoms in total. The highest BCUT2D eigenvalue weighted by Gasteiger charge is 2.15. The lowest BCUT2D eigenvalue weighted by Crippen LogP contribution is -2.35. The van der Waals surface area contributed by atoms with Gasteiger partial charge in [0.2, 0.25) is 5.91 Å². The van der Waals surface area contributed by atoms with Crippen molar-refractivity contribution in [1.29, 1.82) is 0 Å². The Morgan fingerprint density at radius 1 is 1.39 bits per heavy atom. The van der Waals surface area contributed by atoms with Crippen LogP contribution in [0, 0.1) is 0 Å². The van der Waals surface area contributed by atoms with E-state index in [0.29, 0.717) is 6.54 Å². The van der Waals surface area contributed by atoms with Crippen LogP contribution in [0.2, 0.25) is 0 Å². The number of nitrogens with one attached hydrogen (secondary N) is 1. The number of ether oxygens (including phenoxy) is 1. The number of para-hydroxylation sites is 1. The topological polar surface area (TPSA) is 41.6 Å². The largest absolute Gasteiger partial charge is 0.496 e. The Morgan fingerprint density at radius 2 is 2.06 bits per heavy atom. The predicted octanol–water partition coefficient (Wildman–Crippen LogP) is 1.82. The van der Waals surface area contributed by atoms with E-state index < -0.39 is 0 Å². The van der Waals surface area contributed by atoms with Crippen LogP contribution < -0.4 is 10.1 Å². The number of methoxy groups -OCH3 is 1. The Kier molecular flexibility index (Phi) is 5.65. The van der Waals surface area contributed by atoms with Gasteiger partial charge >= 0.3 is 0 Å². The first-order chi connectivity index (χ1) is 8.60. The smallest absolute Gasteiger partial charge is 0.236 e. The van der Waals surface area contributed by atoms with E-state index in [1.165, 1.54) is 0 Å². The number of benzene rings is 1. The zero-order valence-electron chi connectivity index (χ0n) is 11.6. The zero-order valence-corrected chi connectivity index (χ0v) is 11.6. The van der Waals surface area contributed by atoms with E-state index in [1.807, 2.05) is 24.3 Å². The fourth-order valence-corrected chi connectivity index (χ4v) is 1.80. The van der Waals surface area contributed by atoms with Gasteiger partial charge in [-0.3, -0.25) is 4.79 Å². The van der Waals surface area contributed by atoms with Crippen molar-refractivity contribution in [3.05, 3.63) is 29.8 Å². The summed E-state index contributed by atoms with van der Waals surface area (Å²) in [5, 5.41) is 3.27. The van der Waals surface area contributed by atoms with Crippen molar-refractivity contribution < 1.29 is 9.53 Å². The molecular formula is C14H22N2O2. The van der Waals surface area contributed by atoms with E-state index >= 15 is 0 Å². The Hall–Kier alpha value is -1.55. The molecule has 0 bridgehead atoms. The van der Waals surface area contributed by atoms with Gasteiger partial charge in [-0.15, -0.1) is 0 Å². The zero-order chi connectivity index (χ0) is 13.5. The minimum Gasteiger partial charge on any atom is -0.496 e. The molecule has 0 radical (unpaired) electrons. The lowest BCUT2D eigenvalue weighted by Gasteiger charge is -2.20. The van der Waals surface area contributed by atoms with E-state index in [-0.39, 0.29) is 11.9 Å². The van der Waals surface area contributed by atoms with Gasteiger partial charge < -0.3 is 15.0 Å². The molecule has 1 amide bonds. The summed E-state index contributed by atoms with van der Waals surface area (Å²) in [6, 6.07) is 8.02. The fraction of sp³-hybridized carbons (Fsp3) is 0.500. The van der Waals surface area contributed by atoms with Crippen LogP contribution in [0.15, 0.2) is 24.3 Å². The van der Waals surface area contributed by atoms with Crippen LogP contribution in [0.4, 0.5) is 0 Å². The van der Waals surface area contributed by atoms with Crippen LogP contribution in [0.1, 0.15) is 24.9 Å². The molecule has 0 spiro atoms. The van der Waals surface area contributed by atoms with Gasteiger partial charge in [-0.25, -0.2) is 0 Å². The molecule has 0 aromatic heterocycles. The molecule has 1 N–H and O–H groups in total. The summed E-state index contributed by atoms with van der Waals surface area (Å²) >= 11 is 0. The fourth-order valence-electron chi connectivity index (χ4n) is 1.80. The Balaban J connectivity index is 2.74. The van der Waals surface area contributed by atoms with Crippen LogP contribution in [0.5, 0.6) is 5.75 Å². The third-order valence-corrected chi connectivity index (χ3v) is 2.92. The first-order valence-electron chi connectivity index (χ1n) is 6.16. The summed E-state index contributed by atoms with van der Waals surface area (Å²) in [5.41, 5.74) is 1.09. The van der Waals surface area contributed by atoms with Crippen LogP contribution in [-0.4, -0.2) is 38.6 Å². The minimum atomic E-state index is 0.0725. The molecule has 0 aliphatic carbocycles. The summed E-state index contributed by atoms with van der Waals surface area (Å²) < 4.78 is 5.35. The monoisotopic (exact) mass is 250 g/mol. The molecule has 4 heteroatoms. The molecule has 1 atom stereocenters. The third-order valence-electron chi connectivity index (χ3n) is 2.92. The van der Waals surface area contributed by atoms with Crippen molar-refractivity contribution in [3.8, 4) is 5.75 Å². The minimum absolute atomic E-state index is 0.0725. The predicted molar refractivity (Wildman–Crippen MR) is 72.7 cm³/mol. The highest BCUT2D eigenvalue weighted by Crippen LogP contribution is 2.26. The number of rotatable bonds is 6. The molecule has 18 heavy (non-hydrogen) atoms. The molecule has 0 aliphatic rings. The van der Waals surface area contributed by atoms with Gasteiger partial charge in [0.25, 0.3) is 0 Å². The molecule has 0 saturated heterocycles. The summed E-state index contributed by atoms with van der Waals surface area (Å²) in [5.74, 6) is 0.928. The van der Waals surface area contributed by atoms with Crippen molar-refractivity contribution in [2.75, 3.05) is 27.7 Å². The number of amides is 1. The van der Waals surface area contributed by atoms with Gasteiger partial charge in [0.1, 0.15) is 5.75 Å². The number of hydrogen-bond acceptors (Lipinski definition) is 3. The molecule has 1 unspecified atom stereocenters. The lowest BCUT2D eigenvalue weighted by atomic mass is 10.0. The number of hydrogen-bond donors (Lipinski definition) is 1. The Labute approximate surface area is 109 Å². The second-order valence-corrected chi connectivity index (χ2v) is 4.37. The molecule has 1 aromatic rings. The molecule has 1 aromatic carbocycles. The molecule has 0 saturated carbocycles. The number of carbonyl (C=O) groups is 1. The number of nitrogens with zero attached hydrogens (tertiary/aromatic N) is 1. The van der Waals surface area contributed by atoms with E-state index in [9.17, 15) is 4.79 Å². The van der Waals surface area contributed by atoms with Crippen LogP contribution >= 0.6 is 0 Å². The molecule has 100 valence electrons. The second-order valence-electron chi connectivity index (χ2n) is 4.37. The maximum Gasteiger partial charge on any atom is 0.236 e. The van der Waals surface area contributed by atoms with Crippen molar-refractivity contribution >= 4 is 5.91 Å². The highest BCUT2D eigenvalue weighted by atomic mass is 16.5. The summed E-state index contributed by atoms with van der Waals surface area (Å²) in [7, 11) is 5.18. The Morgan fingerprint density at radius 3 is 2.61 bits per heavy atom. The lowest BCUT2D eigenvalue weighted by molar-refractivity contribution is -0.127. The average Bonchev–Trinajstić information content (AvgIpc) is 2.39. The number of likely N-dealkylation sites (N-methyl/N-ethyl adjacent to an activating group) is 1. The SMILES string of the molecule is CCC(NCC(=O)N(C)C)c1ccccc1OC. The molecule has 1 rings (SSSR count). The molecular weight excluding hydrogens is 228 g/mol. The number of carbonyl (C=O) groups excluding carboxylic acids is 1. The van der Waals surface area contributed by atoms with Gasteiger partial charge in [0.05, 0.1) is 13.7 Å². The van der Waals surface area contributed by atoms with Gasteiger partial charge in [0.15, 0.2) is 0 Å². The van der Waals surface area contributed by atoms with Crippen molar-refractivity contribution in [3.63, 3.8) is 0 Å². The maximum atomic E-state index is 11.6. The summed E-state index contributed by atoms with van der Waals surface area (Å²) in [4.78, 5) is 13.2. The quantitative estimate of drug-likeness (QED) is 0.837. The molecule has 0 fully saturated rings. The van der Waals surface area contributed by atoms with E-state index in [0.717, 1.165) is 17.7 Å². The summed E-state index contributed by atoms with van der Waals surface area (Å²) in [6.07, 6.45) is 0.904. The standard InChI is InChI=1S/C14H22N2O2/c1-5-12(15-10-14(17)16(2)3)11-8-6-7-9-13(11)18-4/h6-9,12,15H,5,10H2,1-4H3. The van der Waals surface area contributed by atoms with Crippen molar-refractivity contribution in [1.82, 2.24) is 10.2 Å². The van der Waals surface area contributed by atoms with Crippen molar-refractivity contribution in [2.45, 2.75) is 19.4 Å². The normalized spacial score (nSPS) is 12.0. The van der Waals surface area contributed by atoms with Gasteiger partial charge in [-0.1, -0.05) is 25.1 Å². The Bertz CT molecular complexity index is 391. The van der Waals surface area contributed by atoms with Gasteiger partial charge in [-0.05, 0) is 12.5 Å². The van der Waals surface area contributed by atoms with Gasteiger partial charge in [0, 0.05) is 25.7 Å². The average molecular weight is 250 g/mol. The highest BCUT2D eigenvalue weighted by molar-refractivity contribution is 5.77. The first-order valence-corrected chi connectivity index (χ1v) is 6.16. The second kappa shape index (κ2) is 7.01. The third kappa shape index (κ3) is 3.74. The van der Waals surface area contributed by atoms with Crippen LogP contribution in [0.25, 0.3) is 0 Å². The molecule has 0 heterocycles. The summed E-state index contributed by atoms with van der Waals surface area (Å²) in [6.45, 7) is 2.42. The van der Waals surface area contributed by atoms with Crippen molar-refractivity contribution in [2.24, 2.45) is 0 Å². The van der Waals surface area contributed by atoms with E-state index in [2.05, 4.69) is 12.2 Å². The maximum absolute atomic E-state index is 11.6. The van der Waals surface area contributed by atoms with E-state index in [1.54, 1.807) is 26.1 Å². The van der Waals surface area contributed by atoms with E-state index in [4.69, 9.17) is 4.74 Å². The van der Waals surface area contributed by atoms with Crippen LogP contribution in [0.3, 0.4) is 0 Å². The molecule has 0 aliphatic heterocycles. The first kappa shape index (κ1) is 14.5. The van der Waals surface area contributed by atoms with Gasteiger partial charge in [-0.2, -0.15) is 0 Å².